The van der Waals surface area contributed by atoms with E-state index in [2.05, 4.69) is 124 Å². The molecule has 0 spiro atoms. The van der Waals surface area contributed by atoms with Crippen LogP contribution < -0.4 is 10.0 Å². The number of hydrogen-bond acceptors (Lipinski definition) is 4. The molecule has 2 heterocycles. The van der Waals surface area contributed by atoms with Gasteiger partial charge < -0.3 is 0 Å². The summed E-state index contributed by atoms with van der Waals surface area (Å²) in [4.78, 5) is 0. The Kier molecular flexibility index (Phi) is 6.30. The van der Waals surface area contributed by atoms with Crippen LogP contribution in [-0.4, -0.2) is 61.2 Å². The lowest BCUT2D eigenvalue weighted by Crippen LogP contribution is -2.30. The van der Waals surface area contributed by atoms with E-state index >= 15 is 0 Å². The van der Waals surface area contributed by atoms with Crippen LogP contribution in [-0.2, 0) is 10.8 Å². The van der Waals surface area contributed by atoms with Crippen molar-refractivity contribution in [1.82, 2.24) is 0 Å². The molecule has 0 fully saturated rings. The highest BCUT2D eigenvalue weighted by molar-refractivity contribution is 6.34. The first-order chi connectivity index (χ1) is 18.0. The smallest absolute Gasteiger partial charge is 0.212 e. The summed E-state index contributed by atoms with van der Waals surface area (Å²) in [5.41, 5.74) is 9.32. The molecule has 6 nitrogen and oxygen atoms in total. The predicted molar refractivity (Wildman–Crippen MR) is 161 cm³/mol. The van der Waals surface area contributed by atoms with Gasteiger partial charge in [0.1, 0.15) is 26.5 Å². The lowest BCUT2D eigenvalue weighted by molar-refractivity contribution is -0.400. The molecule has 0 saturated heterocycles. The molecule has 0 atom stereocenters. The Balaban J connectivity index is 1.30. The fourth-order valence-electron chi connectivity index (χ4n) is 5.76. The minimum absolute atomic E-state index is 0.0956. The molecule has 0 radical (unpaired) electrons. The number of fused-ring (bicyclic) bond motifs is 2. The normalized spacial score (nSPS) is 17.5. The van der Waals surface area contributed by atoms with Gasteiger partial charge in [0.25, 0.3) is 0 Å². The van der Waals surface area contributed by atoms with Crippen molar-refractivity contribution >= 4 is 46.6 Å². The summed E-state index contributed by atoms with van der Waals surface area (Å²) in [5, 5.41) is 13.4. The van der Waals surface area contributed by atoms with Gasteiger partial charge in [0, 0.05) is 37.4 Å². The Hall–Kier alpha value is -4.06. The van der Waals surface area contributed by atoms with Gasteiger partial charge in [-0.15, -0.1) is 0 Å². The molecular formula is C32H38N6+2. The van der Waals surface area contributed by atoms with E-state index in [1.165, 1.54) is 33.9 Å². The Morgan fingerprint density at radius 2 is 0.921 bits per heavy atom. The van der Waals surface area contributed by atoms with Crippen LogP contribution in [0.2, 0.25) is 0 Å². The van der Waals surface area contributed by atoms with Gasteiger partial charge in [0.2, 0.25) is 22.8 Å². The van der Waals surface area contributed by atoms with Gasteiger partial charge in [-0.1, -0.05) is 36.4 Å². The van der Waals surface area contributed by atoms with Crippen LogP contribution in [0.4, 0.5) is 22.7 Å². The molecule has 5 rings (SSSR count). The van der Waals surface area contributed by atoms with Crippen LogP contribution in [0.25, 0.3) is 0 Å². The van der Waals surface area contributed by atoms with Crippen molar-refractivity contribution in [2.24, 2.45) is 10.2 Å². The van der Waals surface area contributed by atoms with Crippen molar-refractivity contribution in [2.45, 2.75) is 38.5 Å². The predicted octanol–water partition coefficient (Wildman–Crippen LogP) is 5.94. The number of hydrazone groups is 2. The summed E-state index contributed by atoms with van der Waals surface area (Å²) in [6.45, 7) is 9.01. The first-order valence-electron chi connectivity index (χ1n) is 13.1. The molecule has 0 aromatic heterocycles. The van der Waals surface area contributed by atoms with E-state index in [0.29, 0.717) is 0 Å². The SMILES string of the molecule is CN(/N=C/C1=[N+](C)c2ccccc2C1(C)C)c1ccc(N(C)/N=C/C2=[N+](C)c3ccccc3C2(C)C)cc1. The van der Waals surface area contributed by atoms with Gasteiger partial charge in [0.05, 0.1) is 22.2 Å². The third-order valence-electron chi connectivity index (χ3n) is 8.18. The van der Waals surface area contributed by atoms with Crippen molar-refractivity contribution in [3.63, 3.8) is 0 Å². The molecule has 0 saturated carbocycles. The van der Waals surface area contributed by atoms with Crippen molar-refractivity contribution in [3.8, 4) is 0 Å². The monoisotopic (exact) mass is 506 g/mol. The van der Waals surface area contributed by atoms with Crippen LogP contribution in [0.1, 0.15) is 38.8 Å². The van der Waals surface area contributed by atoms with E-state index in [4.69, 9.17) is 10.2 Å². The summed E-state index contributed by atoms with van der Waals surface area (Å²) in [7, 11) is 8.19. The van der Waals surface area contributed by atoms with E-state index in [9.17, 15) is 0 Å². The molecule has 194 valence electrons. The maximum atomic E-state index is 4.79. The Morgan fingerprint density at radius 1 is 0.579 bits per heavy atom. The highest BCUT2D eigenvalue weighted by atomic mass is 15.4. The molecule has 38 heavy (non-hydrogen) atoms. The quantitative estimate of drug-likeness (QED) is 0.236. The minimum atomic E-state index is -0.0956. The zero-order valence-corrected chi connectivity index (χ0v) is 23.8. The topological polar surface area (TPSA) is 37.2 Å². The second kappa shape index (κ2) is 9.35. The third-order valence-corrected chi connectivity index (χ3v) is 8.18. The van der Waals surface area contributed by atoms with E-state index in [1.54, 1.807) is 0 Å². The summed E-state index contributed by atoms with van der Waals surface area (Å²) >= 11 is 0. The standard InChI is InChI=1S/C32H38N6/c1-31(2)25-13-9-11-15-27(25)35(5)29(31)21-33-37(7)23-17-19-24(20-18-23)38(8)34-22-30-32(3,4)26-14-10-12-16-28(26)36(30)6/h9-22H,1-8H3/q+2. The van der Waals surface area contributed by atoms with E-state index < -0.39 is 0 Å². The summed E-state index contributed by atoms with van der Waals surface area (Å²) < 4.78 is 4.48. The molecule has 3 aromatic carbocycles. The first kappa shape index (κ1) is 25.6. The zero-order chi connectivity index (χ0) is 27.2. The van der Waals surface area contributed by atoms with Crippen LogP contribution in [0.5, 0.6) is 0 Å². The Labute approximate surface area is 226 Å². The van der Waals surface area contributed by atoms with Gasteiger partial charge in [0.15, 0.2) is 0 Å². The van der Waals surface area contributed by atoms with E-state index in [1.807, 2.05) is 36.5 Å². The molecule has 2 aliphatic heterocycles. The average Bonchev–Trinajstić information content (AvgIpc) is 3.23. The highest BCUT2D eigenvalue weighted by Crippen LogP contribution is 2.39. The number of para-hydroxylation sites is 2. The molecule has 6 heteroatoms. The summed E-state index contributed by atoms with van der Waals surface area (Å²) in [6, 6.07) is 25.5. The van der Waals surface area contributed by atoms with Crippen molar-refractivity contribution < 1.29 is 9.15 Å². The molecule has 0 aliphatic carbocycles. The van der Waals surface area contributed by atoms with Crippen LogP contribution in [0.3, 0.4) is 0 Å². The molecule has 0 N–H and O–H groups in total. The number of benzene rings is 3. The maximum Gasteiger partial charge on any atom is 0.212 e. The van der Waals surface area contributed by atoms with Crippen molar-refractivity contribution in [3.05, 3.63) is 83.9 Å². The number of hydrogen-bond donors (Lipinski definition) is 0. The molecule has 0 amide bonds. The van der Waals surface area contributed by atoms with Gasteiger partial charge >= 0.3 is 0 Å². The largest absolute Gasteiger partial charge is 0.268 e. The van der Waals surface area contributed by atoms with Crippen LogP contribution >= 0.6 is 0 Å². The molecule has 2 aliphatic rings. The first-order valence-corrected chi connectivity index (χ1v) is 13.1. The van der Waals surface area contributed by atoms with E-state index in [0.717, 1.165) is 11.4 Å². The Morgan fingerprint density at radius 3 is 1.26 bits per heavy atom. The number of anilines is 2. The number of rotatable bonds is 6. The molecule has 3 aromatic rings. The average molecular weight is 507 g/mol. The zero-order valence-electron chi connectivity index (χ0n) is 23.8. The minimum Gasteiger partial charge on any atom is -0.268 e. The molecule has 0 bridgehead atoms. The summed E-state index contributed by atoms with van der Waals surface area (Å²) in [5.74, 6) is 0. The van der Waals surface area contributed by atoms with Crippen LogP contribution in [0, 0.1) is 0 Å². The second-order valence-electron chi connectivity index (χ2n) is 11.2. The molecular weight excluding hydrogens is 468 g/mol. The molecule has 0 unspecified atom stereocenters. The van der Waals surface area contributed by atoms with Crippen LogP contribution in [0.15, 0.2) is 83.0 Å². The fraction of sp³-hybridized carbons (Fsp3) is 0.312. The van der Waals surface area contributed by atoms with Gasteiger partial charge in [-0.05, 0) is 52.0 Å². The lowest BCUT2D eigenvalue weighted by atomic mass is 9.82. The lowest BCUT2D eigenvalue weighted by Gasteiger charge is -2.18. The van der Waals surface area contributed by atoms with Gasteiger partial charge in [-0.25, -0.2) is 0 Å². The van der Waals surface area contributed by atoms with Gasteiger partial charge in [-0.2, -0.15) is 19.4 Å². The number of nitrogens with zero attached hydrogens (tertiary/aromatic N) is 6. The maximum absolute atomic E-state index is 4.79. The second-order valence-corrected chi connectivity index (χ2v) is 11.2. The fourth-order valence-corrected chi connectivity index (χ4v) is 5.76. The van der Waals surface area contributed by atoms with Crippen molar-refractivity contribution in [2.75, 3.05) is 38.2 Å². The summed E-state index contributed by atoms with van der Waals surface area (Å²) in [6.07, 6.45) is 3.97. The third kappa shape index (κ3) is 4.14. The Bertz CT molecular complexity index is 1390. The van der Waals surface area contributed by atoms with E-state index in [-0.39, 0.29) is 10.8 Å². The van der Waals surface area contributed by atoms with Gasteiger partial charge in [-0.3, -0.25) is 10.0 Å². The van der Waals surface area contributed by atoms with Crippen molar-refractivity contribution in [1.29, 1.82) is 0 Å². The highest BCUT2D eigenvalue weighted by Gasteiger charge is 2.44.